The van der Waals surface area contributed by atoms with Crippen molar-refractivity contribution in [3.63, 3.8) is 0 Å². The molecular formula is C19H26N4OS. The summed E-state index contributed by atoms with van der Waals surface area (Å²) in [5.74, 6) is 1.23. The molecule has 1 amide bonds. The van der Waals surface area contributed by atoms with E-state index in [2.05, 4.69) is 45.6 Å². The number of carbonyl (C=O) groups excluding carboxylic acids is 1. The first-order valence-corrected chi connectivity index (χ1v) is 10.1. The maximum Gasteiger partial charge on any atom is 0.230 e. The van der Waals surface area contributed by atoms with Crippen LogP contribution in [0.15, 0.2) is 23.4 Å². The summed E-state index contributed by atoms with van der Waals surface area (Å²) in [6.45, 7) is 4.14. The number of thioether (sulfide) groups is 1. The average Bonchev–Trinajstić information content (AvgIpc) is 3.07. The van der Waals surface area contributed by atoms with Gasteiger partial charge in [-0.3, -0.25) is 9.89 Å². The molecule has 1 atom stereocenters. The number of fused-ring (bicyclic) bond motifs is 1. The number of rotatable bonds is 7. The molecule has 1 aliphatic carbocycles. The minimum atomic E-state index is 0.0112. The van der Waals surface area contributed by atoms with Crippen LogP contribution in [0.1, 0.15) is 61.7 Å². The van der Waals surface area contributed by atoms with Crippen LogP contribution in [-0.2, 0) is 24.1 Å². The number of benzene rings is 1. The molecule has 0 radical (unpaired) electrons. The highest BCUT2D eigenvalue weighted by Gasteiger charge is 2.15. The molecule has 6 heteroatoms. The van der Waals surface area contributed by atoms with Crippen LogP contribution in [0.2, 0.25) is 0 Å². The highest BCUT2D eigenvalue weighted by molar-refractivity contribution is 7.99. The minimum Gasteiger partial charge on any atom is -0.349 e. The Hall–Kier alpha value is -1.82. The molecule has 134 valence electrons. The van der Waals surface area contributed by atoms with E-state index < -0.39 is 0 Å². The van der Waals surface area contributed by atoms with Crippen molar-refractivity contribution in [1.29, 1.82) is 0 Å². The van der Waals surface area contributed by atoms with Gasteiger partial charge in [-0.1, -0.05) is 36.9 Å². The van der Waals surface area contributed by atoms with Crippen molar-refractivity contribution >= 4 is 17.7 Å². The zero-order chi connectivity index (χ0) is 17.6. The van der Waals surface area contributed by atoms with E-state index in [1.165, 1.54) is 47.7 Å². The lowest BCUT2D eigenvalue weighted by Gasteiger charge is -2.20. The molecule has 0 fully saturated rings. The SMILES string of the molecule is CCCc1nc(SCC(=O)NC(C)c2ccc3c(c2)CCCC3)n[nH]1. The van der Waals surface area contributed by atoms with Crippen LogP contribution in [0.5, 0.6) is 0 Å². The molecule has 1 heterocycles. The number of amides is 1. The number of H-pyrrole nitrogens is 1. The molecule has 0 spiro atoms. The van der Waals surface area contributed by atoms with Crippen molar-refractivity contribution in [3.05, 3.63) is 40.7 Å². The first-order valence-electron chi connectivity index (χ1n) is 9.11. The monoisotopic (exact) mass is 358 g/mol. The van der Waals surface area contributed by atoms with E-state index in [1.807, 2.05) is 6.92 Å². The molecule has 1 aliphatic rings. The third-order valence-corrected chi connectivity index (χ3v) is 5.43. The van der Waals surface area contributed by atoms with Gasteiger partial charge in [-0.15, -0.1) is 5.10 Å². The lowest BCUT2D eigenvalue weighted by Crippen LogP contribution is -2.28. The Morgan fingerprint density at radius 2 is 2.12 bits per heavy atom. The van der Waals surface area contributed by atoms with Crippen molar-refractivity contribution in [2.24, 2.45) is 0 Å². The van der Waals surface area contributed by atoms with Crippen LogP contribution in [0.25, 0.3) is 0 Å². The third-order valence-electron chi connectivity index (χ3n) is 4.58. The Bertz CT molecular complexity index is 728. The van der Waals surface area contributed by atoms with E-state index in [4.69, 9.17) is 0 Å². The Kier molecular flexibility index (Phi) is 6.13. The van der Waals surface area contributed by atoms with Gasteiger partial charge < -0.3 is 5.32 Å². The molecule has 1 unspecified atom stereocenters. The Labute approximate surface area is 153 Å². The third kappa shape index (κ3) is 4.84. The Morgan fingerprint density at radius 3 is 2.92 bits per heavy atom. The molecule has 5 nitrogen and oxygen atoms in total. The second-order valence-corrected chi connectivity index (χ2v) is 7.57. The van der Waals surface area contributed by atoms with Gasteiger partial charge in [0.05, 0.1) is 11.8 Å². The van der Waals surface area contributed by atoms with E-state index >= 15 is 0 Å². The number of aromatic amines is 1. The second-order valence-electron chi connectivity index (χ2n) is 6.63. The van der Waals surface area contributed by atoms with Gasteiger partial charge in [-0.25, -0.2) is 4.98 Å². The van der Waals surface area contributed by atoms with Gasteiger partial charge in [0.1, 0.15) is 5.82 Å². The minimum absolute atomic E-state index is 0.0112. The standard InChI is InChI=1S/C19H26N4OS/c1-3-6-17-21-19(23-22-17)25-12-18(24)20-13(2)15-10-9-14-7-4-5-8-16(14)11-15/h9-11,13H,3-8,12H2,1-2H3,(H,20,24)(H,21,22,23). The molecule has 0 aliphatic heterocycles. The van der Waals surface area contributed by atoms with E-state index in [-0.39, 0.29) is 11.9 Å². The maximum atomic E-state index is 12.2. The quantitative estimate of drug-likeness (QED) is 0.742. The van der Waals surface area contributed by atoms with Gasteiger partial charge in [-0.05, 0) is 55.7 Å². The maximum absolute atomic E-state index is 12.2. The number of aryl methyl sites for hydroxylation is 3. The number of hydrogen-bond acceptors (Lipinski definition) is 4. The van der Waals surface area contributed by atoms with Crippen LogP contribution in [0.3, 0.4) is 0 Å². The second kappa shape index (κ2) is 8.52. The predicted molar refractivity (Wildman–Crippen MR) is 101 cm³/mol. The number of nitrogens with one attached hydrogen (secondary N) is 2. The van der Waals surface area contributed by atoms with Crippen molar-refractivity contribution in [2.75, 3.05) is 5.75 Å². The summed E-state index contributed by atoms with van der Waals surface area (Å²) in [4.78, 5) is 16.6. The van der Waals surface area contributed by atoms with Gasteiger partial charge in [0.2, 0.25) is 11.1 Å². The molecule has 25 heavy (non-hydrogen) atoms. The molecule has 0 bridgehead atoms. The van der Waals surface area contributed by atoms with Gasteiger partial charge >= 0.3 is 0 Å². The molecule has 2 aromatic rings. The van der Waals surface area contributed by atoms with Gasteiger partial charge in [-0.2, -0.15) is 0 Å². The zero-order valence-electron chi connectivity index (χ0n) is 15.0. The van der Waals surface area contributed by atoms with Crippen LogP contribution in [-0.4, -0.2) is 26.8 Å². The topological polar surface area (TPSA) is 70.7 Å². The number of carbonyl (C=O) groups is 1. The molecule has 0 saturated carbocycles. The van der Waals surface area contributed by atoms with Gasteiger partial charge in [0.15, 0.2) is 0 Å². The van der Waals surface area contributed by atoms with Crippen LogP contribution < -0.4 is 5.32 Å². The Balaban J connectivity index is 1.51. The van der Waals surface area contributed by atoms with E-state index in [0.29, 0.717) is 10.9 Å². The zero-order valence-corrected chi connectivity index (χ0v) is 15.8. The molecule has 1 aromatic heterocycles. The molecular weight excluding hydrogens is 332 g/mol. The summed E-state index contributed by atoms with van der Waals surface area (Å²) in [7, 11) is 0. The smallest absolute Gasteiger partial charge is 0.230 e. The summed E-state index contributed by atoms with van der Waals surface area (Å²) in [6, 6.07) is 6.65. The first-order chi connectivity index (χ1) is 12.2. The predicted octanol–water partition coefficient (Wildman–Crippen LogP) is 3.61. The van der Waals surface area contributed by atoms with Gasteiger partial charge in [0.25, 0.3) is 0 Å². The van der Waals surface area contributed by atoms with Crippen LogP contribution >= 0.6 is 11.8 Å². The molecule has 3 rings (SSSR count). The number of nitrogens with zero attached hydrogens (tertiary/aromatic N) is 2. The summed E-state index contributed by atoms with van der Waals surface area (Å²) < 4.78 is 0. The summed E-state index contributed by atoms with van der Waals surface area (Å²) in [5, 5.41) is 10.8. The average molecular weight is 359 g/mol. The molecule has 2 N–H and O–H groups in total. The van der Waals surface area contributed by atoms with E-state index in [0.717, 1.165) is 25.1 Å². The number of hydrogen-bond donors (Lipinski definition) is 2. The summed E-state index contributed by atoms with van der Waals surface area (Å²) >= 11 is 1.37. The highest BCUT2D eigenvalue weighted by atomic mass is 32.2. The van der Waals surface area contributed by atoms with Crippen molar-refractivity contribution in [2.45, 2.75) is 63.6 Å². The normalized spacial score (nSPS) is 14.8. The van der Waals surface area contributed by atoms with Crippen molar-refractivity contribution in [3.8, 4) is 0 Å². The van der Waals surface area contributed by atoms with Crippen molar-refractivity contribution in [1.82, 2.24) is 20.5 Å². The first kappa shape index (κ1) is 18.0. The molecule has 1 aromatic carbocycles. The lowest BCUT2D eigenvalue weighted by molar-refractivity contribution is -0.119. The van der Waals surface area contributed by atoms with E-state index in [9.17, 15) is 4.79 Å². The van der Waals surface area contributed by atoms with Crippen molar-refractivity contribution < 1.29 is 4.79 Å². The Morgan fingerprint density at radius 1 is 1.32 bits per heavy atom. The lowest BCUT2D eigenvalue weighted by atomic mass is 9.89. The van der Waals surface area contributed by atoms with Gasteiger partial charge in [0, 0.05) is 6.42 Å². The fraction of sp³-hybridized carbons (Fsp3) is 0.526. The highest BCUT2D eigenvalue weighted by Crippen LogP contribution is 2.25. The fourth-order valence-electron chi connectivity index (χ4n) is 3.21. The summed E-state index contributed by atoms with van der Waals surface area (Å²) in [6.07, 6.45) is 6.81. The van der Waals surface area contributed by atoms with Crippen LogP contribution in [0.4, 0.5) is 0 Å². The summed E-state index contributed by atoms with van der Waals surface area (Å²) in [5.41, 5.74) is 4.10. The van der Waals surface area contributed by atoms with E-state index in [1.54, 1.807) is 0 Å². The molecule has 0 saturated heterocycles. The largest absolute Gasteiger partial charge is 0.349 e. The fourth-order valence-corrected chi connectivity index (χ4v) is 3.84. The van der Waals surface area contributed by atoms with Crippen LogP contribution in [0, 0.1) is 0 Å². The number of aromatic nitrogens is 3.